The largest absolute Gasteiger partial charge is 0.493 e. The van der Waals surface area contributed by atoms with E-state index in [9.17, 15) is 0 Å². The van der Waals surface area contributed by atoms with Crippen molar-refractivity contribution < 1.29 is 4.74 Å². The van der Waals surface area contributed by atoms with Gasteiger partial charge in [-0.15, -0.1) is 0 Å². The molecule has 0 N–H and O–H groups in total. The zero-order valence-electron chi connectivity index (χ0n) is 15.3. The van der Waals surface area contributed by atoms with Gasteiger partial charge in [0, 0.05) is 5.56 Å². The molecule has 0 saturated carbocycles. The van der Waals surface area contributed by atoms with Crippen molar-refractivity contribution >= 4 is 0 Å². The maximum Gasteiger partial charge on any atom is 0.127 e. The zero-order chi connectivity index (χ0) is 17.0. The molecule has 0 fully saturated rings. The first kappa shape index (κ1) is 18.6. The van der Waals surface area contributed by atoms with Crippen LogP contribution in [0.5, 0.6) is 5.75 Å². The van der Waals surface area contributed by atoms with Crippen LogP contribution in [0.2, 0.25) is 0 Å². The fraction of sp³-hybridized carbons (Fsp3) is 0.478. The van der Waals surface area contributed by atoms with Crippen molar-refractivity contribution in [3.05, 3.63) is 54.6 Å². The summed E-state index contributed by atoms with van der Waals surface area (Å²) >= 11 is 0. The summed E-state index contributed by atoms with van der Waals surface area (Å²) in [5, 5.41) is 0. The second kappa shape index (κ2) is 10.9. The highest BCUT2D eigenvalue weighted by Gasteiger charge is 2.08. The van der Waals surface area contributed by atoms with Crippen LogP contribution >= 0.6 is 0 Å². The molecule has 0 heterocycles. The molecule has 24 heavy (non-hydrogen) atoms. The molecule has 0 bridgehead atoms. The Morgan fingerprint density at radius 1 is 0.792 bits per heavy atom. The van der Waals surface area contributed by atoms with E-state index in [-0.39, 0.29) is 0 Å². The van der Waals surface area contributed by atoms with Crippen LogP contribution in [0.15, 0.2) is 54.6 Å². The molecular weight excluding hydrogens is 292 g/mol. The van der Waals surface area contributed by atoms with Crippen LogP contribution in [0.4, 0.5) is 0 Å². The molecule has 130 valence electrons. The average Bonchev–Trinajstić information content (AvgIpc) is 2.65. The van der Waals surface area contributed by atoms with Crippen LogP contribution in [0.3, 0.4) is 0 Å². The lowest BCUT2D eigenvalue weighted by Crippen LogP contribution is -2.04. The van der Waals surface area contributed by atoms with Gasteiger partial charge in [-0.25, -0.2) is 0 Å². The Bertz CT molecular complexity index is 561. The normalized spacial score (nSPS) is 12.1. The van der Waals surface area contributed by atoms with Gasteiger partial charge in [0.15, 0.2) is 0 Å². The molecule has 2 aromatic carbocycles. The first-order valence-electron chi connectivity index (χ1n) is 9.62. The highest BCUT2D eigenvalue weighted by atomic mass is 16.5. The molecular formula is C23H32O. The fourth-order valence-electron chi connectivity index (χ4n) is 3.24. The van der Waals surface area contributed by atoms with Crippen LogP contribution in [0, 0.1) is 5.92 Å². The van der Waals surface area contributed by atoms with Crippen molar-refractivity contribution in [2.45, 2.75) is 58.8 Å². The molecule has 1 nitrogen and oxygen atoms in total. The van der Waals surface area contributed by atoms with Gasteiger partial charge in [-0.1, -0.05) is 94.5 Å². The highest BCUT2D eigenvalue weighted by Crippen LogP contribution is 2.29. The van der Waals surface area contributed by atoms with Gasteiger partial charge in [0.2, 0.25) is 0 Å². The van der Waals surface area contributed by atoms with Gasteiger partial charge in [-0.3, -0.25) is 0 Å². The van der Waals surface area contributed by atoms with Crippen LogP contribution in [-0.4, -0.2) is 6.61 Å². The molecule has 1 atom stereocenters. The smallest absolute Gasteiger partial charge is 0.127 e. The van der Waals surface area contributed by atoms with E-state index in [0.717, 1.165) is 24.7 Å². The third-order valence-electron chi connectivity index (χ3n) is 4.78. The van der Waals surface area contributed by atoms with Gasteiger partial charge in [0.1, 0.15) is 5.75 Å². The molecule has 0 aliphatic carbocycles. The summed E-state index contributed by atoms with van der Waals surface area (Å²) in [5.41, 5.74) is 2.41. The van der Waals surface area contributed by atoms with Crippen molar-refractivity contribution in [2.24, 2.45) is 5.92 Å². The summed E-state index contributed by atoms with van der Waals surface area (Å²) in [5.74, 6) is 1.87. The van der Waals surface area contributed by atoms with Crippen molar-refractivity contribution in [2.75, 3.05) is 6.61 Å². The van der Waals surface area contributed by atoms with Gasteiger partial charge in [-0.05, 0) is 30.4 Å². The quantitative estimate of drug-likeness (QED) is 0.400. The SMILES string of the molecule is CCCCCC(CC)CCCOc1ccccc1-c1ccccc1. The minimum absolute atomic E-state index is 0.814. The monoisotopic (exact) mass is 324 g/mol. The molecule has 1 unspecified atom stereocenters. The number of unbranched alkanes of at least 4 members (excludes halogenated alkanes) is 2. The van der Waals surface area contributed by atoms with Gasteiger partial charge in [-0.2, -0.15) is 0 Å². The van der Waals surface area contributed by atoms with E-state index in [4.69, 9.17) is 4.74 Å². The minimum atomic E-state index is 0.814. The van der Waals surface area contributed by atoms with E-state index in [1.165, 1.54) is 49.7 Å². The number of hydrogen-bond acceptors (Lipinski definition) is 1. The van der Waals surface area contributed by atoms with E-state index in [0.29, 0.717) is 0 Å². The maximum atomic E-state index is 6.11. The molecule has 0 aliphatic heterocycles. The second-order valence-electron chi connectivity index (χ2n) is 6.62. The number of rotatable bonds is 11. The molecule has 2 aromatic rings. The number of benzene rings is 2. The molecule has 0 saturated heterocycles. The highest BCUT2D eigenvalue weighted by molar-refractivity contribution is 5.70. The van der Waals surface area contributed by atoms with E-state index in [1.54, 1.807) is 0 Å². The van der Waals surface area contributed by atoms with Crippen LogP contribution in [0.25, 0.3) is 11.1 Å². The molecule has 0 aliphatic rings. The number of para-hydroxylation sites is 1. The van der Waals surface area contributed by atoms with Gasteiger partial charge >= 0.3 is 0 Å². The fourth-order valence-corrected chi connectivity index (χ4v) is 3.24. The Morgan fingerprint density at radius 2 is 1.50 bits per heavy atom. The van der Waals surface area contributed by atoms with Crippen LogP contribution in [-0.2, 0) is 0 Å². The Hall–Kier alpha value is -1.76. The lowest BCUT2D eigenvalue weighted by Gasteiger charge is -2.16. The molecule has 0 spiro atoms. The Morgan fingerprint density at radius 3 is 2.25 bits per heavy atom. The lowest BCUT2D eigenvalue weighted by molar-refractivity contribution is 0.285. The summed E-state index contributed by atoms with van der Waals surface area (Å²) in [6.45, 7) is 5.41. The van der Waals surface area contributed by atoms with Gasteiger partial charge in [0.05, 0.1) is 6.61 Å². The van der Waals surface area contributed by atoms with E-state index >= 15 is 0 Å². The summed E-state index contributed by atoms with van der Waals surface area (Å²) in [6.07, 6.45) is 9.18. The Labute approximate surface area is 148 Å². The van der Waals surface area contributed by atoms with Crippen molar-refractivity contribution in [1.82, 2.24) is 0 Å². The van der Waals surface area contributed by atoms with Gasteiger partial charge in [0.25, 0.3) is 0 Å². The van der Waals surface area contributed by atoms with Crippen molar-refractivity contribution in [3.8, 4) is 16.9 Å². The minimum Gasteiger partial charge on any atom is -0.493 e. The average molecular weight is 325 g/mol. The standard InChI is InChI=1S/C23H32O/c1-3-5-7-13-20(4-2)14-12-19-24-23-18-11-10-17-22(23)21-15-8-6-9-16-21/h6,8-11,15-18,20H,3-5,7,12-14,19H2,1-2H3. The number of ether oxygens (including phenoxy) is 1. The molecule has 0 amide bonds. The molecule has 2 rings (SSSR count). The van der Waals surface area contributed by atoms with Crippen LogP contribution < -0.4 is 4.74 Å². The van der Waals surface area contributed by atoms with Crippen molar-refractivity contribution in [1.29, 1.82) is 0 Å². The maximum absolute atomic E-state index is 6.11. The Balaban J connectivity index is 1.82. The van der Waals surface area contributed by atoms with Gasteiger partial charge < -0.3 is 4.74 Å². The first-order valence-corrected chi connectivity index (χ1v) is 9.62. The summed E-state index contributed by atoms with van der Waals surface area (Å²) < 4.78 is 6.11. The number of hydrogen-bond donors (Lipinski definition) is 0. The molecule has 0 radical (unpaired) electrons. The van der Waals surface area contributed by atoms with E-state index in [1.807, 2.05) is 0 Å². The topological polar surface area (TPSA) is 9.23 Å². The van der Waals surface area contributed by atoms with E-state index in [2.05, 4.69) is 68.4 Å². The Kier molecular flexibility index (Phi) is 8.45. The van der Waals surface area contributed by atoms with E-state index < -0.39 is 0 Å². The predicted molar refractivity (Wildman–Crippen MR) is 105 cm³/mol. The van der Waals surface area contributed by atoms with Crippen molar-refractivity contribution in [3.63, 3.8) is 0 Å². The lowest BCUT2D eigenvalue weighted by atomic mass is 9.94. The first-order chi connectivity index (χ1) is 11.8. The third-order valence-corrected chi connectivity index (χ3v) is 4.78. The predicted octanol–water partition coefficient (Wildman–Crippen LogP) is 7.12. The molecule has 0 aromatic heterocycles. The third kappa shape index (κ3) is 6.03. The molecule has 1 heteroatoms. The second-order valence-corrected chi connectivity index (χ2v) is 6.62. The summed E-state index contributed by atoms with van der Waals surface area (Å²) in [4.78, 5) is 0. The van der Waals surface area contributed by atoms with Crippen LogP contribution in [0.1, 0.15) is 58.8 Å². The summed E-state index contributed by atoms with van der Waals surface area (Å²) in [6, 6.07) is 18.9. The summed E-state index contributed by atoms with van der Waals surface area (Å²) in [7, 11) is 0. The zero-order valence-corrected chi connectivity index (χ0v) is 15.3.